The number of aromatic amines is 1. The van der Waals surface area contributed by atoms with Gasteiger partial charge < -0.3 is 5.11 Å². The lowest BCUT2D eigenvalue weighted by atomic mass is 10.1. The molecule has 0 aliphatic rings. The van der Waals surface area contributed by atoms with Crippen LogP contribution in [-0.4, -0.2) is 21.3 Å². The number of aromatic carboxylic acids is 1. The molecule has 6 heteroatoms. The second-order valence-electron chi connectivity index (χ2n) is 3.09. The lowest BCUT2D eigenvalue weighted by Crippen LogP contribution is -1.96. The van der Waals surface area contributed by atoms with E-state index in [2.05, 4.69) is 42.1 Å². The lowest BCUT2D eigenvalue weighted by molar-refractivity contribution is 0.0698. The maximum atomic E-state index is 10.9. The van der Waals surface area contributed by atoms with E-state index in [9.17, 15) is 4.79 Å². The minimum Gasteiger partial charge on any atom is -0.478 e. The van der Waals surface area contributed by atoms with Crippen molar-refractivity contribution < 1.29 is 9.90 Å². The van der Waals surface area contributed by atoms with Crippen LogP contribution in [0.3, 0.4) is 0 Å². The first-order valence-electron chi connectivity index (χ1n) is 4.31. The SMILES string of the molecule is O=C(O)c1cn[nH]c1-c1ccc(Br)c(Br)c1. The van der Waals surface area contributed by atoms with Crippen LogP contribution in [0.15, 0.2) is 33.3 Å². The van der Waals surface area contributed by atoms with E-state index in [0.29, 0.717) is 5.69 Å². The van der Waals surface area contributed by atoms with Crippen molar-refractivity contribution in [3.63, 3.8) is 0 Å². The van der Waals surface area contributed by atoms with Gasteiger partial charge in [-0.3, -0.25) is 5.10 Å². The molecule has 0 atom stereocenters. The van der Waals surface area contributed by atoms with Gasteiger partial charge in [0.15, 0.2) is 0 Å². The number of rotatable bonds is 2. The van der Waals surface area contributed by atoms with Crippen molar-refractivity contribution in [1.29, 1.82) is 0 Å². The Morgan fingerprint density at radius 1 is 1.31 bits per heavy atom. The van der Waals surface area contributed by atoms with Gasteiger partial charge in [0.2, 0.25) is 0 Å². The molecule has 2 rings (SSSR count). The van der Waals surface area contributed by atoms with Gasteiger partial charge in [-0.05, 0) is 44.0 Å². The Morgan fingerprint density at radius 2 is 2.06 bits per heavy atom. The van der Waals surface area contributed by atoms with Gasteiger partial charge in [0.1, 0.15) is 5.56 Å². The maximum Gasteiger partial charge on any atom is 0.339 e. The normalized spacial score (nSPS) is 10.4. The van der Waals surface area contributed by atoms with Crippen LogP contribution in [0.4, 0.5) is 0 Å². The van der Waals surface area contributed by atoms with Crippen molar-refractivity contribution in [2.24, 2.45) is 0 Å². The summed E-state index contributed by atoms with van der Waals surface area (Å²) in [6, 6.07) is 5.48. The van der Waals surface area contributed by atoms with E-state index < -0.39 is 5.97 Å². The van der Waals surface area contributed by atoms with E-state index in [1.54, 1.807) is 0 Å². The molecule has 0 aliphatic heterocycles. The molecule has 0 saturated carbocycles. The minimum atomic E-state index is -0.997. The van der Waals surface area contributed by atoms with Crippen molar-refractivity contribution in [1.82, 2.24) is 10.2 Å². The highest BCUT2D eigenvalue weighted by Gasteiger charge is 2.14. The van der Waals surface area contributed by atoms with Crippen LogP contribution in [0.1, 0.15) is 10.4 Å². The summed E-state index contributed by atoms with van der Waals surface area (Å²) in [4.78, 5) is 10.9. The predicted molar refractivity (Wildman–Crippen MR) is 66.4 cm³/mol. The zero-order chi connectivity index (χ0) is 11.7. The van der Waals surface area contributed by atoms with Crippen LogP contribution in [0, 0.1) is 0 Å². The Balaban J connectivity index is 2.54. The average molecular weight is 346 g/mol. The number of nitrogens with zero attached hydrogens (tertiary/aromatic N) is 1. The third kappa shape index (κ3) is 2.03. The number of carbonyl (C=O) groups is 1. The third-order valence-corrected chi connectivity index (χ3v) is 3.96. The van der Waals surface area contributed by atoms with Crippen molar-refractivity contribution in [3.05, 3.63) is 38.9 Å². The molecule has 0 amide bonds. The summed E-state index contributed by atoms with van der Waals surface area (Å²) >= 11 is 6.72. The topological polar surface area (TPSA) is 66.0 Å². The zero-order valence-corrected chi connectivity index (χ0v) is 11.0. The van der Waals surface area contributed by atoms with E-state index >= 15 is 0 Å². The zero-order valence-electron chi connectivity index (χ0n) is 7.87. The number of aromatic nitrogens is 2. The summed E-state index contributed by atoms with van der Waals surface area (Å²) in [6.45, 7) is 0. The Hall–Kier alpha value is -1.14. The van der Waals surface area contributed by atoms with E-state index in [0.717, 1.165) is 14.5 Å². The molecule has 0 bridgehead atoms. The molecule has 0 unspecified atom stereocenters. The van der Waals surface area contributed by atoms with E-state index in [1.165, 1.54) is 6.20 Å². The molecule has 2 aromatic rings. The highest BCUT2D eigenvalue weighted by Crippen LogP contribution is 2.29. The Morgan fingerprint density at radius 3 is 2.69 bits per heavy atom. The van der Waals surface area contributed by atoms with Crippen LogP contribution in [0.2, 0.25) is 0 Å². The summed E-state index contributed by atoms with van der Waals surface area (Å²) in [5.74, 6) is -0.997. The first-order chi connectivity index (χ1) is 7.59. The van der Waals surface area contributed by atoms with Crippen LogP contribution in [0.5, 0.6) is 0 Å². The number of H-pyrrole nitrogens is 1. The Bertz CT molecular complexity index is 552. The Labute approximate surface area is 108 Å². The van der Waals surface area contributed by atoms with E-state index in [-0.39, 0.29) is 5.56 Å². The summed E-state index contributed by atoms with van der Waals surface area (Å²) in [7, 11) is 0. The number of halogens is 2. The van der Waals surface area contributed by atoms with Crippen molar-refractivity contribution in [2.45, 2.75) is 0 Å². The maximum absolute atomic E-state index is 10.9. The van der Waals surface area contributed by atoms with Gasteiger partial charge >= 0.3 is 5.97 Å². The number of carboxylic acid groups (broad SMARTS) is 1. The first kappa shape index (κ1) is 11.3. The van der Waals surface area contributed by atoms with Crippen molar-refractivity contribution in [3.8, 4) is 11.3 Å². The summed E-state index contributed by atoms with van der Waals surface area (Å²) < 4.78 is 1.77. The molecule has 0 aliphatic carbocycles. The molecule has 4 nitrogen and oxygen atoms in total. The van der Waals surface area contributed by atoms with Gasteiger partial charge in [-0.15, -0.1) is 0 Å². The Kier molecular flexibility index (Phi) is 3.11. The quantitative estimate of drug-likeness (QED) is 0.877. The van der Waals surface area contributed by atoms with Crippen molar-refractivity contribution >= 4 is 37.8 Å². The van der Waals surface area contributed by atoms with Crippen LogP contribution in [-0.2, 0) is 0 Å². The number of carboxylic acids is 1. The predicted octanol–water partition coefficient (Wildman–Crippen LogP) is 3.30. The number of hydrogen-bond donors (Lipinski definition) is 2. The monoisotopic (exact) mass is 344 g/mol. The molecule has 0 radical (unpaired) electrons. The van der Waals surface area contributed by atoms with Gasteiger partial charge in [-0.1, -0.05) is 6.07 Å². The second kappa shape index (κ2) is 4.39. The molecule has 82 valence electrons. The van der Waals surface area contributed by atoms with Gasteiger partial charge in [0, 0.05) is 14.5 Å². The van der Waals surface area contributed by atoms with E-state index in [4.69, 9.17) is 5.11 Å². The largest absolute Gasteiger partial charge is 0.478 e. The lowest BCUT2D eigenvalue weighted by Gasteiger charge is -2.02. The standard InChI is InChI=1S/C10H6Br2N2O2/c11-7-2-1-5(3-8(7)12)9-6(10(15)16)4-13-14-9/h1-4H,(H,13,14)(H,15,16). The molecule has 1 heterocycles. The third-order valence-electron chi connectivity index (χ3n) is 2.08. The fraction of sp³-hybridized carbons (Fsp3) is 0. The molecule has 0 spiro atoms. The molecular weight excluding hydrogens is 340 g/mol. The van der Waals surface area contributed by atoms with Gasteiger partial charge in [0.25, 0.3) is 0 Å². The number of hydrogen-bond acceptors (Lipinski definition) is 2. The van der Waals surface area contributed by atoms with Crippen LogP contribution < -0.4 is 0 Å². The average Bonchev–Trinajstić information content (AvgIpc) is 2.71. The summed E-state index contributed by atoms with van der Waals surface area (Å²) in [5.41, 5.74) is 1.43. The summed E-state index contributed by atoms with van der Waals surface area (Å²) in [5, 5.41) is 15.4. The highest BCUT2D eigenvalue weighted by atomic mass is 79.9. The number of benzene rings is 1. The number of nitrogens with one attached hydrogen (secondary N) is 1. The van der Waals surface area contributed by atoms with E-state index in [1.807, 2.05) is 18.2 Å². The van der Waals surface area contributed by atoms with Crippen LogP contribution in [0.25, 0.3) is 11.3 Å². The minimum absolute atomic E-state index is 0.161. The molecule has 2 N–H and O–H groups in total. The molecule has 0 saturated heterocycles. The highest BCUT2D eigenvalue weighted by molar-refractivity contribution is 9.13. The molecule has 1 aromatic carbocycles. The molecule has 16 heavy (non-hydrogen) atoms. The first-order valence-corrected chi connectivity index (χ1v) is 5.90. The molecule has 1 aromatic heterocycles. The fourth-order valence-electron chi connectivity index (χ4n) is 1.32. The van der Waals surface area contributed by atoms with Crippen LogP contribution >= 0.6 is 31.9 Å². The smallest absolute Gasteiger partial charge is 0.339 e. The summed E-state index contributed by atoms with van der Waals surface area (Å²) in [6.07, 6.45) is 1.30. The van der Waals surface area contributed by atoms with Gasteiger partial charge in [0.05, 0.1) is 11.9 Å². The second-order valence-corrected chi connectivity index (χ2v) is 4.80. The molecular formula is C10H6Br2N2O2. The van der Waals surface area contributed by atoms with Gasteiger partial charge in [-0.25, -0.2) is 4.79 Å². The fourth-order valence-corrected chi connectivity index (χ4v) is 1.95. The van der Waals surface area contributed by atoms with Crippen molar-refractivity contribution in [2.75, 3.05) is 0 Å². The molecule has 0 fully saturated rings. The van der Waals surface area contributed by atoms with Gasteiger partial charge in [-0.2, -0.15) is 5.10 Å².